The van der Waals surface area contributed by atoms with Gasteiger partial charge in [0.05, 0.1) is 10.9 Å². The Labute approximate surface area is 160 Å². The number of anilines is 2. The Morgan fingerprint density at radius 3 is 2.37 bits per heavy atom. The van der Waals surface area contributed by atoms with Gasteiger partial charge in [0.2, 0.25) is 16.0 Å². The normalized spacial score (nSPS) is 18.2. The molecule has 2 aromatic heterocycles. The van der Waals surface area contributed by atoms with Crippen LogP contribution < -0.4 is 5.32 Å². The maximum Gasteiger partial charge on any atom is 0.228 e. The lowest BCUT2D eigenvalue weighted by Gasteiger charge is -2.19. The first kappa shape index (κ1) is 19.6. The van der Waals surface area contributed by atoms with E-state index in [-0.39, 0.29) is 5.92 Å². The van der Waals surface area contributed by atoms with E-state index in [1.165, 1.54) is 0 Å². The van der Waals surface area contributed by atoms with Crippen molar-refractivity contribution in [2.75, 3.05) is 18.4 Å². The Kier molecular flexibility index (Phi) is 5.43. The smallest absolute Gasteiger partial charge is 0.228 e. The van der Waals surface area contributed by atoms with E-state index in [1.807, 2.05) is 32.9 Å². The lowest BCUT2D eigenvalue weighted by Crippen LogP contribution is -2.34. The summed E-state index contributed by atoms with van der Waals surface area (Å²) in [6.45, 7) is 10.1. The quantitative estimate of drug-likeness (QED) is 0.837. The lowest BCUT2D eigenvalue weighted by atomic mass is 10.0. The summed E-state index contributed by atoms with van der Waals surface area (Å²) in [6.07, 6.45) is 0.752. The van der Waals surface area contributed by atoms with Crippen molar-refractivity contribution in [1.82, 2.24) is 24.2 Å². The average molecular weight is 391 g/mol. The van der Waals surface area contributed by atoms with Gasteiger partial charge in [0.25, 0.3) is 0 Å². The van der Waals surface area contributed by atoms with E-state index in [1.54, 1.807) is 18.2 Å². The van der Waals surface area contributed by atoms with Crippen molar-refractivity contribution in [3.8, 4) is 0 Å². The Hall–Kier alpha value is -2.13. The SMILES string of the molecule is Cc1cc(C)nc(Nc2cc(C3CCN(S(=O)(=O)C(C)C)C3)nc(C)n2)n1. The Balaban J connectivity index is 1.82. The molecule has 0 saturated carbocycles. The molecule has 0 spiro atoms. The largest absolute Gasteiger partial charge is 0.309 e. The van der Waals surface area contributed by atoms with Crippen LogP contribution in [0.15, 0.2) is 12.1 Å². The minimum absolute atomic E-state index is 0.0564. The molecule has 1 aliphatic heterocycles. The van der Waals surface area contributed by atoms with Gasteiger partial charge in [0.1, 0.15) is 11.6 Å². The van der Waals surface area contributed by atoms with Gasteiger partial charge in [-0.05, 0) is 47.1 Å². The summed E-state index contributed by atoms with van der Waals surface area (Å²) in [4.78, 5) is 17.7. The number of hydrogen-bond acceptors (Lipinski definition) is 7. The van der Waals surface area contributed by atoms with E-state index in [2.05, 4.69) is 25.3 Å². The summed E-state index contributed by atoms with van der Waals surface area (Å²) >= 11 is 0. The molecule has 8 nitrogen and oxygen atoms in total. The van der Waals surface area contributed by atoms with E-state index >= 15 is 0 Å². The van der Waals surface area contributed by atoms with E-state index < -0.39 is 15.3 Å². The molecule has 1 N–H and O–H groups in total. The predicted molar refractivity (Wildman–Crippen MR) is 105 cm³/mol. The van der Waals surface area contributed by atoms with Crippen LogP contribution in [0.2, 0.25) is 0 Å². The standard InChI is InChI=1S/C18H26N6O2S/c1-11(2)27(25,26)24-7-6-15(10-24)16-9-17(22-14(5)21-16)23-18-19-12(3)8-13(4)20-18/h8-9,11,15H,6-7,10H2,1-5H3,(H,19,20,21,22,23). The molecule has 3 heterocycles. The van der Waals surface area contributed by atoms with E-state index in [4.69, 9.17) is 0 Å². The van der Waals surface area contributed by atoms with Gasteiger partial charge in [-0.1, -0.05) is 0 Å². The van der Waals surface area contributed by atoms with Gasteiger partial charge < -0.3 is 5.32 Å². The summed E-state index contributed by atoms with van der Waals surface area (Å²) in [5.74, 6) is 1.80. The van der Waals surface area contributed by atoms with Gasteiger partial charge in [-0.25, -0.2) is 32.7 Å². The maximum atomic E-state index is 12.4. The molecule has 1 saturated heterocycles. The molecule has 0 amide bonds. The second-order valence-corrected chi connectivity index (χ2v) is 9.75. The van der Waals surface area contributed by atoms with Crippen molar-refractivity contribution < 1.29 is 8.42 Å². The van der Waals surface area contributed by atoms with Crippen molar-refractivity contribution in [3.05, 3.63) is 35.0 Å². The lowest BCUT2D eigenvalue weighted by molar-refractivity contribution is 0.465. The highest BCUT2D eigenvalue weighted by atomic mass is 32.2. The highest BCUT2D eigenvalue weighted by Gasteiger charge is 2.34. The van der Waals surface area contributed by atoms with Crippen LogP contribution in [0.25, 0.3) is 0 Å². The van der Waals surface area contributed by atoms with Crippen molar-refractivity contribution >= 4 is 21.8 Å². The van der Waals surface area contributed by atoms with E-state index in [0.717, 1.165) is 23.5 Å². The summed E-state index contributed by atoms with van der Waals surface area (Å²) in [7, 11) is -3.24. The van der Waals surface area contributed by atoms with Gasteiger partial charge in [0.15, 0.2) is 0 Å². The van der Waals surface area contributed by atoms with Crippen LogP contribution in [0.1, 0.15) is 49.1 Å². The van der Waals surface area contributed by atoms with Crippen molar-refractivity contribution in [2.45, 2.75) is 52.2 Å². The van der Waals surface area contributed by atoms with Crippen molar-refractivity contribution in [2.24, 2.45) is 0 Å². The molecule has 1 unspecified atom stereocenters. The fourth-order valence-corrected chi connectivity index (χ4v) is 4.60. The van der Waals surface area contributed by atoms with Gasteiger partial charge in [-0.2, -0.15) is 0 Å². The van der Waals surface area contributed by atoms with Crippen LogP contribution in [-0.4, -0.2) is 51.0 Å². The number of aryl methyl sites for hydroxylation is 3. The molecular weight excluding hydrogens is 364 g/mol. The molecule has 1 atom stereocenters. The summed E-state index contributed by atoms with van der Waals surface area (Å²) in [6, 6.07) is 3.77. The Morgan fingerprint density at radius 1 is 1.07 bits per heavy atom. The first-order chi connectivity index (χ1) is 12.6. The van der Waals surface area contributed by atoms with Crippen molar-refractivity contribution in [1.29, 1.82) is 0 Å². The highest BCUT2D eigenvalue weighted by molar-refractivity contribution is 7.89. The molecular formula is C18H26N6O2S. The van der Waals surface area contributed by atoms with Gasteiger partial charge in [-0.15, -0.1) is 0 Å². The second kappa shape index (κ2) is 7.47. The molecule has 0 aliphatic carbocycles. The molecule has 3 rings (SSSR count). The van der Waals surface area contributed by atoms with E-state index in [0.29, 0.717) is 30.7 Å². The highest BCUT2D eigenvalue weighted by Crippen LogP contribution is 2.30. The molecule has 146 valence electrons. The van der Waals surface area contributed by atoms with Gasteiger partial charge >= 0.3 is 0 Å². The zero-order valence-electron chi connectivity index (χ0n) is 16.4. The first-order valence-corrected chi connectivity index (χ1v) is 10.6. The Bertz CT molecular complexity index is 925. The average Bonchev–Trinajstić information content (AvgIpc) is 3.03. The summed E-state index contributed by atoms with van der Waals surface area (Å²) < 4.78 is 26.4. The number of nitrogens with zero attached hydrogens (tertiary/aromatic N) is 5. The van der Waals surface area contributed by atoms with Crippen LogP contribution in [0.3, 0.4) is 0 Å². The van der Waals surface area contributed by atoms with Crippen LogP contribution in [0.4, 0.5) is 11.8 Å². The number of sulfonamides is 1. The molecule has 9 heteroatoms. The van der Waals surface area contributed by atoms with Crippen molar-refractivity contribution in [3.63, 3.8) is 0 Å². The molecule has 0 radical (unpaired) electrons. The number of aromatic nitrogens is 4. The van der Waals surface area contributed by atoms with Crippen LogP contribution in [-0.2, 0) is 10.0 Å². The molecule has 1 fully saturated rings. The fraction of sp³-hybridized carbons (Fsp3) is 0.556. The zero-order chi connectivity index (χ0) is 19.8. The first-order valence-electron chi connectivity index (χ1n) is 9.09. The minimum Gasteiger partial charge on any atom is -0.309 e. The zero-order valence-corrected chi connectivity index (χ0v) is 17.2. The molecule has 0 bridgehead atoms. The van der Waals surface area contributed by atoms with Crippen LogP contribution in [0, 0.1) is 20.8 Å². The third-order valence-corrected chi connectivity index (χ3v) is 6.85. The molecule has 0 aromatic carbocycles. The topological polar surface area (TPSA) is 101 Å². The summed E-state index contributed by atoms with van der Waals surface area (Å²) in [5.41, 5.74) is 2.60. The minimum atomic E-state index is -3.24. The predicted octanol–water partition coefficient (Wildman–Crippen LogP) is 2.46. The maximum absolute atomic E-state index is 12.4. The second-order valence-electron chi connectivity index (χ2n) is 7.26. The monoisotopic (exact) mass is 390 g/mol. The fourth-order valence-electron chi connectivity index (χ4n) is 3.26. The van der Waals surface area contributed by atoms with Gasteiger partial charge in [-0.3, -0.25) is 0 Å². The van der Waals surface area contributed by atoms with Crippen LogP contribution in [0.5, 0.6) is 0 Å². The molecule has 1 aliphatic rings. The summed E-state index contributed by atoms with van der Waals surface area (Å²) in [5, 5.41) is 2.73. The molecule has 2 aromatic rings. The van der Waals surface area contributed by atoms with Gasteiger partial charge in [0, 0.05) is 36.5 Å². The van der Waals surface area contributed by atoms with E-state index in [9.17, 15) is 8.42 Å². The number of rotatable bonds is 5. The number of nitrogens with one attached hydrogen (secondary N) is 1. The molecule has 27 heavy (non-hydrogen) atoms. The third-order valence-electron chi connectivity index (χ3n) is 4.60. The van der Waals surface area contributed by atoms with Crippen LogP contribution >= 0.6 is 0 Å². The third kappa shape index (κ3) is 4.41. The number of hydrogen-bond donors (Lipinski definition) is 1. The Morgan fingerprint density at radius 2 is 1.74 bits per heavy atom.